The zero-order chi connectivity index (χ0) is 17.4. The van der Waals surface area contributed by atoms with Gasteiger partial charge in [0.2, 0.25) is 0 Å². The first kappa shape index (κ1) is 16.7. The molecule has 1 aromatic rings. The molecule has 6 heteroatoms. The highest BCUT2D eigenvalue weighted by Crippen LogP contribution is 2.53. The minimum absolute atomic E-state index is 0.0869. The van der Waals surface area contributed by atoms with E-state index in [4.69, 9.17) is 15.2 Å². The summed E-state index contributed by atoms with van der Waals surface area (Å²) in [6, 6.07) is 3.91. The van der Waals surface area contributed by atoms with Crippen molar-refractivity contribution in [3.63, 3.8) is 0 Å². The SMILES string of the molecule is COc1cc2c(cc1OC[C@@H](O)CN1CCCC1)N=C(N)C21CCC1. The third-order valence-corrected chi connectivity index (χ3v) is 5.83. The lowest BCUT2D eigenvalue weighted by molar-refractivity contribution is 0.0747. The van der Waals surface area contributed by atoms with Gasteiger partial charge in [-0.05, 0) is 50.4 Å². The molecular formula is C19H27N3O3. The van der Waals surface area contributed by atoms with Crippen molar-refractivity contribution in [3.05, 3.63) is 17.7 Å². The molecule has 1 spiro atoms. The first-order valence-electron chi connectivity index (χ1n) is 9.23. The van der Waals surface area contributed by atoms with Crippen molar-refractivity contribution >= 4 is 11.5 Å². The van der Waals surface area contributed by atoms with Crippen LogP contribution in [0.4, 0.5) is 5.69 Å². The van der Waals surface area contributed by atoms with Crippen LogP contribution in [0.2, 0.25) is 0 Å². The third-order valence-electron chi connectivity index (χ3n) is 5.83. The van der Waals surface area contributed by atoms with Crippen LogP contribution in [-0.2, 0) is 5.41 Å². The topological polar surface area (TPSA) is 80.3 Å². The maximum absolute atomic E-state index is 10.2. The second kappa shape index (κ2) is 6.50. The van der Waals surface area contributed by atoms with Crippen molar-refractivity contribution in [1.29, 1.82) is 0 Å². The second-order valence-corrected chi connectivity index (χ2v) is 7.43. The molecule has 0 aromatic heterocycles. The Morgan fingerprint density at radius 2 is 2.00 bits per heavy atom. The molecule has 25 heavy (non-hydrogen) atoms. The standard InChI is InChI=1S/C19H27N3O3/c1-24-16-9-14-15(21-18(20)19(14)5-4-6-19)10-17(16)25-12-13(23)11-22-7-2-3-8-22/h9-10,13,23H,2-8,11-12H2,1H3,(H2,20,21)/t13-/m0/s1. The smallest absolute Gasteiger partial charge is 0.163 e. The van der Waals surface area contributed by atoms with Crippen LogP contribution in [0.3, 0.4) is 0 Å². The van der Waals surface area contributed by atoms with Gasteiger partial charge in [-0.2, -0.15) is 0 Å². The summed E-state index contributed by atoms with van der Waals surface area (Å²) in [4.78, 5) is 6.84. The van der Waals surface area contributed by atoms with Crippen molar-refractivity contribution in [3.8, 4) is 11.5 Å². The number of amidine groups is 1. The normalized spacial score (nSPS) is 22.4. The molecule has 0 amide bonds. The molecule has 136 valence electrons. The van der Waals surface area contributed by atoms with Gasteiger partial charge in [0.15, 0.2) is 11.5 Å². The maximum atomic E-state index is 10.2. The Morgan fingerprint density at radius 1 is 1.24 bits per heavy atom. The predicted molar refractivity (Wildman–Crippen MR) is 97.0 cm³/mol. The Hall–Kier alpha value is -1.79. The Balaban J connectivity index is 1.47. The molecule has 2 fully saturated rings. The highest BCUT2D eigenvalue weighted by Gasteiger charge is 2.47. The monoisotopic (exact) mass is 345 g/mol. The van der Waals surface area contributed by atoms with E-state index in [-0.39, 0.29) is 12.0 Å². The minimum Gasteiger partial charge on any atom is -0.493 e. The molecule has 1 aliphatic carbocycles. The molecule has 0 bridgehead atoms. The molecule has 1 atom stereocenters. The summed E-state index contributed by atoms with van der Waals surface area (Å²) < 4.78 is 11.4. The van der Waals surface area contributed by atoms with E-state index in [1.54, 1.807) is 7.11 Å². The van der Waals surface area contributed by atoms with Crippen LogP contribution in [0.1, 0.15) is 37.7 Å². The molecule has 2 heterocycles. The zero-order valence-corrected chi connectivity index (χ0v) is 14.8. The van der Waals surface area contributed by atoms with Crippen molar-refractivity contribution in [2.24, 2.45) is 10.7 Å². The van der Waals surface area contributed by atoms with Gasteiger partial charge in [0.05, 0.1) is 18.2 Å². The van der Waals surface area contributed by atoms with E-state index in [1.807, 2.05) is 12.1 Å². The molecule has 6 nitrogen and oxygen atoms in total. The predicted octanol–water partition coefficient (Wildman–Crippen LogP) is 1.95. The number of fused-ring (bicyclic) bond motifs is 2. The maximum Gasteiger partial charge on any atom is 0.163 e. The lowest BCUT2D eigenvalue weighted by Gasteiger charge is -2.39. The number of nitrogens with zero attached hydrogens (tertiary/aromatic N) is 2. The van der Waals surface area contributed by atoms with E-state index in [0.717, 1.165) is 37.2 Å². The van der Waals surface area contributed by atoms with Crippen LogP contribution in [0.25, 0.3) is 0 Å². The first-order chi connectivity index (χ1) is 12.1. The highest BCUT2D eigenvalue weighted by molar-refractivity contribution is 6.00. The van der Waals surface area contributed by atoms with Gasteiger partial charge in [0.25, 0.3) is 0 Å². The molecule has 1 saturated carbocycles. The van der Waals surface area contributed by atoms with Crippen molar-refractivity contribution < 1.29 is 14.6 Å². The van der Waals surface area contributed by atoms with Crippen molar-refractivity contribution in [2.45, 2.75) is 43.6 Å². The van der Waals surface area contributed by atoms with E-state index in [1.165, 1.54) is 19.3 Å². The van der Waals surface area contributed by atoms with E-state index in [2.05, 4.69) is 9.89 Å². The summed E-state index contributed by atoms with van der Waals surface area (Å²) in [6.07, 6.45) is 5.20. The Morgan fingerprint density at radius 3 is 2.64 bits per heavy atom. The average molecular weight is 345 g/mol. The second-order valence-electron chi connectivity index (χ2n) is 7.43. The molecule has 4 rings (SSSR count). The van der Waals surface area contributed by atoms with Crippen LogP contribution in [-0.4, -0.2) is 55.3 Å². The lowest BCUT2D eigenvalue weighted by atomic mass is 9.64. The first-order valence-corrected chi connectivity index (χ1v) is 9.23. The fourth-order valence-corrected chi connectivity index (χ4v) is 4.23. The zero-order valence-electron chi connectivity index (χ0n) is 14.8. The van der Waals surface area contributed by atoms with Crippen LogP contribution >= 0.6 is 0 Å². The van der Waals surface area contributed by atoms with Gasteiger partial charge in [0, 0.05) is 12.6 Å². The summed E-state index contributed by atoms with van der Waals surface area (Å²) in [6.45, 7) is 3.03. The quantitative estimate of drug-likeness (QED) is 0.824. The van der Waals surface area contributed by atoms with Crippen LogP contribution in [0.5, 0.6) is 11.5 Å². The molecule has 3 aliphatic rings. The van der Waals surface area contributed by atoms with Crippen LogP contribution in [0, 0.1) is 0 Å². The van der Waals surface area contributed by atoms with E-state index >= 15 is 0 Å². The third kappa shape index (κ3) is 2.87. The molecular weight excluding hydrogens is 318 g/mol. The fraction of sp³-hybridized carbons (Fsp3) is 0.632. The summed E-state index contributed by atoms with van der Waals surface area (Å²) >= 11 is 0. The van der Waals surface area contributed by atoms with Gasteiger partial charge in [-0.3, -0.25) is 0 Å². The highest BCUT2D eigenvalue weighted by atomic mass is 16.5. The summed E-state index contributed by atoms with van der Waals surface area (Å²) in [5.74, 6) is 2.01. The van der Waals surface area contributed by atoms with Crippen LogP contribution in [0.15, 0.2) is 17.1 Å². The number of β-amino-alcohol motifs (C(OH)–C–C–N with tert-alkyl or cyclic N) is 1. The Kier molecular flexibility index (Phi) is 4.33. The number of methoxy groups -OCH3 is 1. The van der Waals surface area contributed by atoms with Gasteiger partial charge in [0.1, 0.15) is 18.5 Å². The molecule has 0 unspecified atom stereocenters. The van der Waals surface area contributed by atoms with Gasteiger partial charge in [-0.1, -0.05) is 6.42 Å². The number of likely N-dealkylation sites (tertiary alicyclic amines) is 1. The van der Waals surface area contributed by atoms with Crippen molar-refractivity contribution in [2.75, 3.05) is 33.4 Å². The fourth-order valence-electron chi connectivity index (χ4n) is 4.23. The Labute approximate surface area is 148 Å². The van der Waals surface area contributed by atoms with E-state index in [9.17, 15) is 5.11 Å². The number of ether oxygens (including phenoxy) is 2. The number of aliphatic hydroxyl groups excluding tert-OH is 1. The number of benzene rings is 1. The number of aliphatic imine (C=N–C) groups is 1. The molecule has 1 aromatic carbocycles. The average Bonchev–Trinajstić information content (AvgIpc) is 3.15. The van der Waals surface area contributed by atoms with Gasteiger partial charge in [-0.25, -0.2) is 4.99 Å². The largest absolute Gasteiger partial charge is 0.493 e. The summed E-state index contributed by atoms with van der Waals surface area (Å²) in [5, 5.41) is 10.2. The van der Waals surface area contributed by atoms with Gasteiger partial charge >= 0.3 is 0 Å². The molecule has 2 aliphatic heterocycles. The number of rotatable bonds is 6. The van der Waals surface area contributed by atoms with Crippen LogP contribution < -0.4 is 15.2 Å². The molecule has 1 saturated heterocycles. The number of nitrogens with two attached hydrogens (primary N) is 1. The number of hydrogen-bond acceptors (Lipinski definition) is 6. The van der Waals surface area contributed by atoms with Gasteiger partial charge in [-0.15, -0.1) is 0 Å². The molecule has 3 N–H and O–H groups in total. The molecule has 0 radical (unpaired) electrons. The van der Waals surface area contributed by atoms with Gasteiger partial charge < -0.3 is 25.2 Å². The summed E-state index contributed by atoms with van der Waals surface area (Å²) in [7, 11) is 1.64. The Bertz CT molecular complexity index is 679. The van der Waals surface area contributed by atoms with E-state index in [0.29, 0.717) is 23.9 Å². The minimum atomic E-state index is -0.511. The van der Waals surface area contributed by atoms with Crippen molar-refractivity contribution in [1.82, 2.24) is 4.90 Å². The number of aliphatic hydroxyl groups is 1. The lowest BCUT2D eigenvalue weighted by Crippen LogP contribution is -2.44. The number of hydrogen-bond donors (Lipinski definition) is 2. The summed E-state index contributed by atoms with van der Waals surface area (Å²) in [5.41, 5.74) is 8.14. The van der Waals surface area contributed by atoms with E-state index < -0.39 is 6.10 Å².